The molecule has 0 aromatic heterocycles. The molecule has 0 amide bonds. The topological polar surface area (TPSA) is 127 Å². The minimum atomic E-state index is -3.54. The van der Waals surface area contributed by atoms with E-state index in [4.69, 9.17) is 9.47 Å². The van der Waals surface area contributed by atoms with Crippen LogP contribution in [0, 0.1) is 0 Å². The first kappa shape index (κ1) is 21.2. The lowest BCUT2D eigenvalue weighted by Crippen LogP contribution is -2.16. The summed E-state index contributed by atoms with van der Waals surface area (Å²) in [6.45, 7) is -0.474. The fraction of sp³-hybridized carbons (Fsp3) is 0.294. The van der Waals surface area contributed by atoms with Crippen LogP contribution >= 0.6 is 0 Å². The number of rotatable bonds is 10. The number of phenolic OH excluding ortho intramolecular Hbond substituents is 2. The predicted molar refractivity (Wildman–Crippen MR) is 97.1 cm³/mol. The van der Waals surface area contributed by atoms with E-state index >= 15 is 0 Å². The van der Waals surface area contributed by atoms with Crippen molar-refractivity contribution < 1.29 is 36.5 Å². The minimum absolute atomic E-state index is 0.0270. The lowest BCUT2D eigenvalue weighted by Gasteiger charge is -2.08. The summed E-state index contributed by atoms with van der Waals surface area (Å²) in [5, 5.41) is 18.3. The van der Waals surface area contributed by atoms with E-state index in [2.05, 4.69) is 0 Å². The Hall–Kier alpha value is -2.14. The Bertz CT molecular complexity index is 854. The molecule has 0 aliphatic heterocycles. The molecule has 2 aromatic carbocycles. The van der Waals surface area contributed by atoms with E-state index in [0.29, 0.717) is 0 Å². The van der Waals surface area contributed by atoms with Crippen molar-refractivity contribution in [1.82, 2.24) is 0 Å². The van der Waals surface area contributed by atoms with E-state index < -0.39 is 19.7 Å². The molecule has 0 spiro atoms. The van der Waals surface area contributed by atoms with Crippen LogP contribution in [0.15, 0.2) is 58.3 Å². The molecule has 0 heterocycles. The van der Waals surface area contributed by atoms with Gasteiger partial charge < -0.3 is 19.7 Å². The molecule has 0 aliphatic carbocycles. The molecule has 2 rings (SSSR count). The SMILES string of the molecule is O=S(=O)(CCOCOCCS(=O)(=O)c1ccc(O)cc1)c1ccc(O)cc1. The van der Waals surface area contributed by atoms with Gasteiger partial charge in [-0.1, -0.05) is 0 Å². The summed E-state index contributed by atoms with van der Waals surface area (Å²) in [5.41, 5.74) is 0. The number of phenols is 2. The molecule has 0 saturated heterocycles. The van der Waals surface area contributed by atoms with Crippen LogP contribution in [0.5, 0.6) is 11.5 Å². The molecule has 2 aromatic rings. The monoisotopic (exact) mass is 416 g/mol. The van der Waals surface area contributed by atoms with Gasteiger partial charge in [0, 0.05) is 0 Å². The van der Waals surface area contributed by atoms with Crippen molar-refractivity contribution >= 4 is 19.7 Å². The number of hydrogen-bond acceptors (Lipinski definition) is 8. The maximum absolute atomic E-state index is 12.0. The standard InChI is InChI=1S/C17H20O8S2/c18-14-1-5-16(6-2-14)26(20,21)11-9-24-13-25-10-12-27(22,23)17-7-3-15(19)4-8-17/h1-8,18-19H,9-13H2. The van der Waals surface area contributed by atoms with Gasteiger partial charge in [0.1, 0.15) is 18.3 Å². The first-order valence-corrected chi connectivity index (χ1v) is 11.2. The van der Waals surface area contributed by atoms with Gasteiger partial charge in [0.2, 0.25) is 0 Å². The van der Waals surface area contributed by atoms with Crippen molar-refractivity contribution in [2.75, 3.05) is 31.5 Å². The predicted octanol–water partition coefficient (Wildman–Crippen LogP) is 1.34. The Morgan fingerprint density at radius 2 is 0.963 bits per heavy atom. The molecular formula is C17H20O8S2. The molecule has 148 valence electrons. The summed E-state index contributed by atoms with van der Waals surface area (Å²) in [4.78, 5) is 0.148. The van der Waals surface area contributed by atoms with Crippen LogP contribution in [-0.2, 0) is 29.1 Å². The van der Waals surface area contributed by atoms with E-state index in [0.717, 1.165) is 0 Å². The van der Waals surface area contributed by atoms with Crippen molar-refractivity contribution in [3.63, 3.8) is 0 Å². The molecule has 10 heteroatoms. The summed E-state index contributed by atoms with van der Waals surface area (Å²) in [6, 6.07) is 10.3. The number of benzene rings is 2. The van der Waals surface area contributed by atoms with Gasteiger partial charge in [-0.25, -0.2) is 16.8 Å². The molecule has 8 nitrogen and oxygen atoms in total. The van der Waals surface area contributed by atoms with Crippen molar-refractivity contribution in [3.05, 3.63) is 48.5 Å². The molecule has 0 radical (unpaired) electrons. The highest BCUT2D eigenvalue weighted by Crippen LogP contribution is 2.16. The second kappa shape index (κ2) is 9.18. The zero-order chi connectivity index (χ0) is 19.9. The average Bonchev–Trinajstić information content (AvgIpc) is 2.61. The van der Waals surface area contributed by atoms with E-state index in [-0.39, 0.29) is 52.8 Å². The van der Waals surface area contributed by atoms with Gasteiger partial charge in [0.25, 0.3) is 0 Å². The molecule has 2 N–H and O–H groups in total. The zero-order valence-electron chi connectivity index (χ0n) is 14.3. The van der Waals surface area contributed by atoms with Gasteiger partial charge in [-0.3, -0.25) is 0 Å². The fourth-order valence-electron chi connectivity index (χ4n) is 2.06. The Morgan fingerprint density at radius 1 is 0.630 bits per heavy atom. The van der Waals surface area contributed by atoms with Crippen LogP contribution in [0.1, 0.15) is 0 Å². The maximum atomic E-state index is 12.0. The third-order valence-corrected chi connectivity index (χ3v) is 6.94. The van der Waals surface area contributed by atoms with Crippen LogP contribution in [-0.4, -0.2) is 58.6 Å². The van der Waals surface area contributed by atoms with E-state index in [1.54, 1.807) is 0 Å². The van der Waals surface area contributed by atoms with Crippen molar-refractivity contribution in [1.29, 1.82) is 0 Å². The van der Waals surface area contributed by atoms with Crippen LogP contribution in [0.4, 0.5) is 0 Å². The minimum Gasteiger partial charge on any atom is -0.508 e. The summed E-state index contributed by atoms with van der Waals surface area (Å²) < 4.78 is 58.3. The lowest BCUT2D eigenvalue weighted by atomic mass is 10.3. The summed E-state index contributed by atoms with van der Waals surface area (Å²) in [6.07, 6.45) is 0. The maximum Gasteiger partial charge on any atom is 0.180 e. The Morgan fingerprint density at radius 3 is 1.30 bits per heavy atom. The Labute approximate surface area is 157 Å². The Balaban J connectivity index is 1.68. The number of hydrogen-bond donors (Lipinski definition) is 2. The van der Waals surface area contributed by atoms with Crippen molar-refractivity contribution in [2.24, 2.45) is 0 Å². The summed E-state index contributed by atoms with van der Waals surface area (Å²) in [5.74, 6) is -0.596. The smallest absolute Gasteiger partial charge is 0.180 e. The van der Waals surface area contributed by atoms with Crippen LogP contribution in [0.3, 0.4) is 0 Å². The average molecular weight is 416 g/mol. The highest BCUT2D eigenvalue weighted by atomic mass is 32.2. The molecule has 0 unspecified atom stereocenters. The summed E-state index contributed by atoms with van der Waals surface area (Å²) in [7, 11) is -7.08. The van der Waals surface area contributed by atoms with Gasteiger partial charge in [-0.05, 0) is 48.5 Å². The molecule has 0 fully saturated rings. The third-order valence-electron chi connectivity index (χ3n) is 3.55. The fourth-order valence-corrected chi connectivity index (χ4v) is 4.30. The van der Waals surface area contributed by atoms with Crippen LogP contribution < -0.4 is 0 Å². The molecule has 27 heavy (non-hydrogen) atoms. The first-order valence-electron chi connectivity index (χ1n) is 7.90. The number of ether oxygens (including phenoxy) is 2. The second-order valence-corrected chi connectivity index (χ2v) is 9.78. The van der Waals surface area contributed by atoms with Gasteiger partial charge >= 0.3 is 0 Å². The summed E-state index contributed by atoms with van der Waals surface area (Å²) >= 11 is 0. The molecule has 0 aliphatic rings. The van der Waals surface area contributed by atoms with Gasteiger partial charge in [0.15, 0.2) is 19.7 Å². The molecule has 0 atom stereocenters. The third kappa shape index (κ3) is 6.51. The largest absolute Gasteiger partial charge is 0.508 e. The van der Waals surface area contributed by atoms with Gasteiger partial charge in [0.05, 0.1) is 34.5 Å². The molecule has 0 saturated carbocycles. The van der Waals surface area contributed by atoms with Crippen LogP contribution in [0.25, 0.3) is 0 Å². The molecular weight excluding hydrogens is 396 g/mol. The zero-order valence-corrected chi connectivity index (χ0v) is 15.9. The first-order chi connectivity index (χ1) is 12.7. The van der Waals surface area contributed by atoms with E-state index in [9.17, 15) is 27.0 Å². The van der Waals surface area contributed by atoms with E-state index in [1.807, 2.05) is 0 Å². The highest BCUT2D eigenvalue weighted by Gasteiger charge is 2.15. The van der Waals surface area contributed by atoms with Crippen molar-refractivity contribution in [3.8, 4) is 11.5 Å². The second-order valence-electron chi connectivity index (χ2n) is 5.56. The molecule has 0 bridgehead atoms. The highest BCUT2D eigenvalue weighted by molar-refractivity contribution is 7.91. The quantitative estimate of drug-likeness (QED) is 0.439. The lowest BCUT2D eigenvalue weighted by molar-refractivity contribution is -0.0431. The van der Waals surface area contributed by atoms with Gasteiger partial charge in [-0.15, -0.1) is 0 Å². The normalized spacial score (nSPS) is 12.1. The number of sulfone groups is 2. The van der Waals surface area contributed by atoms with Crippen molar-refractivity contribution in [2.45, 2.75) is 9.79 Å². The van der Waals surface area contributed by atoms with E-state index in [1.165, 1.54) is 48.5 Å². The van der Waals surface area contributed by atoms with Crippen LogP contribution in [0.2, 0.25) is 0 Å². The number of aromatic hydroxyl groups is 2. The Kier molecular flexibility index (Phi) is 7.19. The van der Waals surface area contributed by atoms with Gasteiger partial charge in [-0.2, -0.15) is 0 Å².